The van der Waals surface area contributed by atoms with Gasteiger partial charge >= 0.3 is 0 Å². The number of guanidine groups is 1. The Bertz CT molecular complexity index is 780. The van der Waals surface area contributed by atoms with Gasteiger partial charge in [0, 0.05) is 26.3 Å². The molecule has 0 amide bonds. The van der Waals surface area contributed by atoms with Crippen LogP contribution in [0.3, 0.4) is 0 Å². The second-order valence-electron chi connectivity index (χ2n) is 7.12. The largest absolute Gasteiger partial charge is 0.381 e. The molecule has 0 radical (unpaired) electrons. The van der Waals surface area contributed by atoms with Crippen molar-refractivity contribution in [3.8, 4) is 0 Å². The number of rotatable bonds is 8. The highest BCUT2D eigenvalue weighted by Gasteiger charge is 2.14. The Labute approximate surface area is 195 Å². The molecule has 0 bridgehead atoms. The summed E-state index contributed by atoms with van der Waals surface area (Å²) in [4.78, 5) is 4.67. The van der Waals surface area contributed by atoms with Crippen molar-refractivity contribution in [1.82, 2.24) is 10.6 Å². The molecule has 0 atom stereocenters. The van der Waals surface area contributed by atoms with Crippen molar-refractivity contribution in [3.05, 3.63) is 71.0 Å². The topological polar surface area (TPSA) is 54.9 Å². The highest BCUT2D eigenvalue weighted by molar-refractivity contribution is 14.0. The van der Waals surface area contributed by atoms with E-state index in [2.05, 4.69) is 33.8 Å². The Morgan fingerprint density at radius 1 is 1.07 bits per heavy atom. The first kappa shape index (κ1) is 24.6. The predicted molar refractivity (Wildman–Crippen MR) is 129 cm³/mol. The van der Waals surface area contributed by atoms with Crippen molar-refractivity contribution in [2.75, 3.05) is 19.8 Å². The number of hydrogen-bond donors (Lipinski definition) is 2. The number of hydrogen-bond acceptors (Lipinski definition) is 3. The van der Waals surface area contributed by atoms with Crippen LogP contribution in [0.1, 0.15) is 36.5 Å². The summed E-state index contributed by atoms with van der Waals surface area (Å²) in [5.74, 6) is 0.510. The Morgan fingerprint density at radius 2 is 1.80 bits per heavy atom. The summed E-state index contributed by atoms with van der Waals surface area (Å²) in [6.07, 6.45) is 2.23. The lowest BCUT2D eigenvalue weighted by Crippen LogP contribution is -2.36. The van der Waals surface area contributed by atoms with Crippen LogP contribution in [0.25, 0.3) is 0 Å². The third-order valence-electron chi connectivity index (χ3n) is 4.78. The zero-order chi connectivity index (χ0) is 20.3. The van der Waals surface area contributed by atoms with Crippen LogP contribution in [-0.2, 0) is 29.2 Å². The van der Waals surface area contributed by atoms with Crippen molar-refractivity contribution in [1.29, 1.82) is 0 Å². The van der Waals surface area contributed by atoms with Gasteiger partial charge in [0.1, 0.15) is 5.82 Å². The molecule has 164 valence electrons. The van der Waals surface area contributed by atoms with E-state index >= 15 is 0 Å². The maximum atomic E-state index is 13.0. The zero-order valence-electron chi connectivity index (χ0n) is 17.4. The van der Waals surface area contributed by atoms with Gasteiger partial charge in [0.05, 0.1) is 19.3 Å². The molecule has 0 unspecified atom stereocenters. The van der Waals surface area contributed by atoms with E-state index in [0.29, 0.717) is 25.8 Å². The average molecular weight is 527 g/mol. The van der Waals surface area contributed by atoms with Crippen LogP contribution >= 0.6 is 24.0 Å². The van der Waals surface area contributed by atoms with Crippen LogP contribution in [-0.4, -0.2) is 31.8 Å². The van der Waals surface area contributed by atoms with Crippen LogP contribution in [0.15, 0.2) is 53.5 Å². The minimum atomic E-state index is -0.227. The van der Waals surface area contributed by atoms with Gasteiger partial charge in [0.25, 0.3) is 0 Å². The maximum Gasteiger partial charge on any atom is 0.191 e. The van der Waals surface area contributed by atoms with E-state index in [0.717, 1.165) is 55.3 Å². The number of ether oxygens (including phenoxy) is 2. The number of aliphatic imine (C=N–C) groups is 1. The van der Waals surface area contributed by atoms with E-state index < -0.39 is 0 Å². The van der Waals surface area contributed by atoms with Gasteiger partial charge in [0.15, 0.2) is 5.96 Å². The fourth-order valence-electron chi connectivity index (χ4n) is 3.17. The van der Waals surface area contributed by atoms with Crippen molar-refractivity contribution < 1.29 is 13.9 Å². The van der Waals surface area contributed by atoms with Gasteiger partial charge in [-0.25, -0.2) is 9.38 Å². The van der Waals surface area contributed by atoms with Gasteiger partial charge in [-0.1, -0.05) is 36.4 Å². The normalized spacial score (nSPS) is 14.8. The van der Waals surface area contributed by atoms with Gasteiger partial charge in [0.2, 0.25) is 0 Å². The number of halogens is 2. The number of nitrogens with one attached hydrogen (secondary N) is 2. The Kier molecular flexibility index (Phi) is 11.1. The molecule has 2 aromatic rings. The summed E-state index contributed by atoms with van der Waals surface area (Å²) < 4.78 is 24.4. The van der Waals surface area contributed by atoms with Gasteiger partial charge in [-0.15, -0.1) is 24.0 Å². The molecule has 3 rings (SSSR count). The van der Waals surface area contributed by atoms with Crippen LogP contribution in [0, 0.1) is 5.82 Å². The SMILES string of the molecule is CCNC(=NCc1cccc(COC2CCOCC2)c1)NCc1ccc(F)cc1.I. The quantitative estimate of drug-likeness (QED) is 0.304. The van der Waals surface area contributed by atoms with Crippen molar-refractivity contribution in [2.24, 2.45) is 4.99 Å². The summed E-state index contributed by atoms with van der Waals surface area (Å²) in [5.41, 5.74) is 3.30. The van der Waals surface area contributed by atoms with Crippen LogP contribution < -0.4 is 10.6 Å². The Morgan fingerprint density at radius 3 is 2.53 bits per heavy atom. The molecule has 0 spiro atoms. The number of benzene rings is 2. The molecular formula is C23H31FIN3O2. The van der Waals surface area contributed by atoms with Crippen LogP contribution in [0.5, 0.6) is 0 Å². The molecule has 0 aliphatic carbocycles. The van der Waals surface area contributed by atoms with Gasteiger partial charge < -0.3 is 20.1 Å². The molecule has 1 aliphatic rings. The molecular weight excluding hydrogens is 496 g/mol. The first-order chi connectivity index (χ1) is 14.2. The van der Waals surface area contributed by atoms with Crippen molar-refractivity contribution in [2.45, 2.75) is 45.6 Å². The molecule has 5 nitrogen and oxygen atoms in total. The minimum Gasteiger partial charge on any atom is -0.381 e. The third kappa shape index (κ3) is 8.57. The number of nitrogens with zero attached hydrogens (tertiary/aromatic N) is 1. The molecule has 1 saturated heterocycles. The van der Waals surface area contributed by atoms with E-state index in [9.17, 15) is 4.39 Å². The van der Waals surface area contributed by atoms with Gasteiger partial charge in [-0.2, -0.15) is 0 Å². The second kappa shape index (κ2) is 13.6. The monoisotopic (exact) mass is 527 g/mol. The first-order valence-electron chi connectivity index (χ1n) is 10.3. The van der Waals surface area contributed by atoms with E-state index in [1.165, 1.54) is 12.1 Å². The van der Waals surface area contributed by atoms with Crippen molar-refractivity contribution in [3.63, 3.8) is 0 Å². The van der Waals surface area contributed by atoms with Crippen molar-refractivity contribution >= 4 is 29.9 Å². The lowest BCUT2D eigenvalue weighted by molar-refractivity contribution is -0.0390. The molecule has 0 aromatic heterocycles. The standard InChI is InChI=1S/C23H30FN3O2.HI/c1-2-25-23(26-15-18-6-8-21(24)9-7-18)27-16-19-4-3-5-20(14-19)17-29-22-10-12-28-13-11-22;/h3-9,14,22H,2,10-13,15-17H2,1H3,(H2,25,26,27);1H. The smallest absolute Gasteiger partial charge is 0.191 e. The fraction of sp³-hybridized carbons (Fsp3) is 0.435. The molecule has 2 aromatic carbocycles. The highest BCUT2D eigenvalue weighted by Crippen LogP contribution is 2.14. The zero-order valence-corrected chi connectivity index (χ0v) is 19.7. The first-order valence-corrected chi connectivity index (χ1v) is 10.3. The van der Waals surface area contributed by atoms with E-state index in [1.54, 1.807) is 12.1 Å². The third-order valence-corrected chi connectivity index (χ3v) is 4.78. The second-order valence-corrected chi connectivity index (χ2v) is 7.12. The molecule has 1 aliphatic heterocycles. The Hall–Kier alpha value is -1.71. The average Bonchev–Trinajstić information content (AvgIpc) is 2.76. The summed E-state index contributed by atoms with van der Waals surface area (Å²) in [5, 5.41) is 6.53. The molecule has 30 heavy (non-hydrogen) atoms. The predicted octanol–water partition coefficient (Wildman–Crippen LogP) is 4.39. The van der Waals surface area contributed by atoms with Gasteiger partial charge in [-0.3, -0.25) is 0 Å². The van der Waals surface area contributed by atoms with Gasteiger partial charge in [-0.05, 0) is 48.6 Å². The summed E-state index contributed by atoms with van der Waals surface area (Å²) in [7, 11) is 0. The lowest BCUT2D eigenvalue weighted by Gasteiger charge is -2.22. The van der Waals surface area contributed by atoms with E-state index in [1.807, 2.05) is 13.0 Å². The summed E-state index contributed by atoms with van der Waals surface area (Å²) >= 11 is 0. The maximum absolute atomic E-state index is 13.0. The van der Waals surface area contributed by atoms with Crippen LogP contribution in [0.2, 0.25) is 0 Å². The Balaban J connectivity index is 0.00000320. The fourth-order valence-corrected chi connectivity index (χ4v) is 3.17. The van der Waals surface area contributed by atoms with E-state index in [4.69, 9.17) is 9.47 Å². The molecule has 7 heteroatoms. The molecule has 1 fully saturated rings. The molecule has 2 N–H and O–H groups in total. The lowest BCUT2D eigenvalue weighted by atomic mass is 10.1. The molecule has 0 saturated carbocycles. The minimum absolute atomic E-state index is 0. The van der Waals surface area contributed by atoms with Crippen LogP contribution in [0.4, 0.5) is 4.39 Å². The highest BCUT2D eigenvalue weighted by atomic mass is 127. The summed E-state index contributed by atoms with van der Waals surface area (Å²) in [6, 6.07) is 14.8. The molecule has 1 heterocycles. The van der Waals surface area contributed by atoms with E-state index in [-0.39, 0.29) is 29.8 Å². The summed E-state index contributed by atoms with van der Waals surface area (Å²) in [6.45, 7) is 6.16.